The van der Waals surface area contributed by atoms with Crippen molar-refractivity contribution in [1.29, 1.82) is 0 Å². The molecule has 3 heterocycles. The number of carbonyl (C=O) groups is 1. The van der Waals surface area contributed by atoms with Crippen LogP contribution < -0.4 is 0 Å². The Kier molecular flexibility index (Phi) is 6.78. The van der Waals surface area contributed by atoms with Crippen molar-refractivity contribution in [2.75, 3.05) is 52.4 Å². The van der Waals surface area contributed by atoms with Gasteiger partial charge in [0.25, 0.3) is 0 Å². The molecule has 1 aromatic rings. The number of amides is 1. The van der Waals surface area contributed by atoms with Crippen LogP contribution >= 0.6 is 0 Å². The molecule has 1 amide bonds. The van der Waals surface area contributed by atoms with Gasteiger partial charge in [-0.1, -0.05) is 0 Å². The molecule has 2 aliphatic rings. The Morgan fingerprint density at radius 3 is 2.56 bits per heavy atom. The summed E-state index contributed by atoms with van der Waals surface area (Å²) in [5.41, 5.74) is 1.30. The number of aromatic nitrogens is 1. The molecule has 2 fully saturated rings. The van der Waals surface area contributed by atoms with E-state index in [1.54, 1.807) is 0 Å². The summed E-state index contributed by atoms with van der Waals surface area (Å²) in [6.45, 7) is 6.13. The minimum absolute atomic E-state index is 0.214. The van der Waals surface area contributed by atoms with Crippen LogP contribution in [0.15, 0.2) is 24.5 Å². The maximum absolute atomic E-state index is 12.8. The predicted octanol–water partition coefficient (Wildman–Crippen LogP) is 0.615. The summed E-state index contributed by atoms with van der Waals surface area (Å²) in [5.74, 6) is 0.285. The van der Waals surface area contributed by atoms with E-state index in [1.807, 2.05) is 12.4 Å². The summed E-state index contributed by atoms with van der Waals surface area (Å²) in [5, 5.41) is 9.02. The number of aliphatic hydroxyl groups is 1. The highest BCUT2D eigenvalue weighted by atomic mass is 16.3. The molecule has 1 aromatic heterocycles. The topological polar surface area (TPSA) is 59.9 Å². The Balaban J connectivity index is 1.44. The summed E-state index contributed by atoms with van der Waals surface area (Å²) in [6.07, 6.45) is 7.97. The van der Waals surface area contributed by atoms with Gasteiger partial charge in [0, 0.05) is 57.7 Å². The van der Waals surface area contributed by atoms with Gasteiger partial charge in [0.2, 0.25) is 5.91 Å². The zero-order chi connectivity index (χ0) is 17.5. The average Bonchev–Trinajstić information content (AvgIpc) is 3.11. The zero-order valence-electron chi connectivity index (χ0n) is 15.0. The van der Waals surface area contributed by atoms with Crippen molar-refractivity contribution in [3.8, 4) is 0 Å². The van der Waals surface area contributed by atoms with Crippen molar-refractivity contribution in [3.63, 3.8) is 0 Å². The van der Waals surface area contributed by atoms with Gasteiger partial charge in [0.05, 0.1) is 13.2 Å². The van der Waals surface area contributed by atoms with Crippen LogP contribution in [0.5, 0.6) is 0 Å². The summed E-state index contributed by atoms with van der Waals surface area (Å²) in [6, 6.07) is 4.51. The van der Waals surface area contributed by atoms with E-state index in [1.165, 1.54) is 5.56 Å². The van der Waals surface area contributed by atoms with Crippen molar-refractivity contribution < 1.29 is 9.90 Å². The van der Waals surface area contributed by atoms with E-state index in [-0.39, 0.29) is 12.5 Å². The lowest BCUT2D eigenvalue weighted by Gasteiger charge is -2.35. The fourth-order valence-electron chi connectivity index (χ4n) is 3.94. The number of hydrogen-bond acceptors (Lipinski definition) is 5. The first-order valence-corrected chi connectivity index (χ1v) is 9.50. The number of β-amino-alcohol motifs (C(OH)–C–C–N with tert-alkyl or cyclic N) is 1. The van der Waals surface area contributed by atoms with E-state index in [0.717, 1.165) is 65.0 Å². The molecule has 6 nitrogen and oxygen atoms in total. The van der Waals surface area contributed by atoms with E-state index < -0.39 is 0 Å². The summed E-state index contributed by atoms with van der Waals surface area (Å²) < 4.78 is 0. The van der Waals surface area contributed by atoms with Crippen molar-refractivity contribution in [1.82, 2.24) is 19.7 Å². The van der Waals surface area contributed by atoms with E-state index in [0.29, 0.717) is 12.6 Å². The molecule has 0 aromatic carbocycles. The number of rotatable bonds is 7. The Morgan fingerprint density at radius 1 is 1.12 bits per heavy atom. The van der Waals surface area contributed by atoms with Crippen LogP contribution in [0.2, 0.25) is 0 Å². The van der Waals surface area contributed by atoms with Gasteiger partial charge in [-0.3, -0.25) is 19.6 Å². The van der Waals surface area contributed by atoms with Gasteiger partial charge in [0.1, 0.15) is 0 Å². The second kappa shape index (κ2) is 9.27. The van der Waals surface area contributed by atoms with Gasteiger partial charge in [-0.05, 0) is 43.4 Å². The highest BCUT2D eigenvalue weighted by Gasteiger charge is 2.29. The first-order chi connectivity index (χ1) is 12.3. The quantitative estimate of drug-likeness (QED) is 0.784. The highest BCUT2D eigenvalue weighted by Crippen LogP contribution is 2.22. The SMILES string of the molecule is O=C(CN1CCN(CCO)CC1)N1CCCC1CCc1ccncc1. The van der Waals surface area contributed by atoms with Crippen molar-refractivity contribution in [2.45, 2.75) is 31.7 Å². The summed E-state index contributed by atoms with van der Waals surface area (Å²) in [4.78, 5) is 23.5. The van der Waals surface area contributed by atoms with Gasteiger partial charge in [-0.15, -0.1) is 0 Å². The number of carbonyl (C=O) groups excluding carboxylic acids is 1. The highest BCUT2D eigenvalue weighted by molar-refractivity contribution is 5.79. The standard InChI is InChI=1S/C19H30N4O2/c24-15-14-21-10-12-22(13-11-21)16-19(25)23-9-1-2-18(23)4-3-17-5-7-20-8-6-17/h5-8,18,24H,1-4,9-16H2. The van der Waals surface area contributed by atoms with Crippen molar-refractivity contribution in [3.05, 3.63) is 30.1 Å². The summed E-state index contributed by atoms with van der Waals surface area (Å²) in [7, 11) is 0. The maximum Gasteiger partial charge on any atom is 0.236 e. The fraction of sp³-hybridized carbons (Fsp3) is 0.684. The maximum atomic E-state index is 12.8. The van der Waals surface area contributed by atoms with Gasteiger partial charge in [-0.25, -0.2) is 0 Å². The van der Waals surface area contributed by atoms with Crippen LogP contribution in [0.4, 0.5) is 0 Å². The molecule has 0 spiro atoms. The van der Waals surface area contributed by atoms with Crippen LogP contribution in [0, 0.1) is 0 Å². The Hall–Kier alpha value is -1.50. The number of nitrogens with zero attached hydrogens (tertiary/aromatic N) is 4. The van der Waals surface area contributed by atoms with E-state index >= 15 is 0 Å². The lowest BCUT2D eigenvalue weighted by molar-refractivity contribution is -0.133. The molecule has 0 radical (unpaired) electrons. The number of likely N-dealkylation sites (tertiary alicyclic amines) is 1. The normalized spacial score (nSPS) is 22.4. The minimum atomic E-state index is 0.214. The fourth-order valence-corrected chi connectivity index (χ4v) is 3.94. The van der Waals surface area contributed by atoms with Crippen molar-refractivity contribution >= 4 is 5.91 Å². The van der Waals surface area contributed by atoms with Crippen LogP contribution in [-0.4, -0.2) is 89.2 Å². The average molecular weight is 346 g/mol. The molecule has 2 aliphatic heterocycles. The minimum Gasteiger partial charge on any atom is -0.395 e. The molecule has 138 valence electrons. The molecule has 2 saturated heterocycles. The number of aryl methyl sites for hydroxylation is 1. The third-order valence-electron chi connectivity index (χ3n) is 5.45. The van der Waals surface area contributed by atoms with E-state index in [4.69, 9.17) is 5.11 Å². The number of piperazine rings is 1. The first kappa shape index (κ1) is 18.3. The molecule has 1 unspecified atom stereocenters. The van der Waals surface area contributed by atoms with Crippen molar-refractivity contribution in [2.24, 2.45) is 0 Å². The molecule has 0 aliphatic carbocycles. The predicted molar refractivity (Wildman–Crippen MR) is 97.3 cm³/mol. The molecule has 0 bridgehead atoms. The number of aliphatic hydroxyl groups excluding tert-OH is 1. The van der Waals surface area contributed by atoms with Gasteiger partial charge < -0.3 is 10.0 Å². The van der Waals surface area contributed by atoms with Gasteiger partial charge in [-0.2, -0.15) is 0 Å². The van der Waals surface area contributed by atoms with Crippen LogP contribution in [0.25, 0.3) is 0 Å². The first-order valence-electron chi connectivity index (χ1n) is 9.50. The number of hydrogen-bond donors (Lipinski definition) is 1. The van der Waals surface area contributed by atoms with Gasteiger partial charge in [0.15, 0.2) is 0 Å². The smallest absolute Gasteiger partial charge is 0.236 e. The third-order valence-corrected chi connectivity index (χ3v) is 5.45. The lowest BCUT2D eigenvalue weighted by Crippen LogP contribution is -2.51. The Bertz CT molecular complexity index is 531. The zero-order valence-corrected chi connectivity index (χ0v) is 15.0. The third kappa shape index (κ3) is 5.23. The molecular formula is C19H30N4O2. The molecule has 1 N–H and O–H groups in total. The van der Waals surface area contributed by atoms with E-state index in [2.05, 4.69) is 31.8 Å². The number of pyridine rings is 1. The van der Waals surface area contributed by atoms with E-state index in [9.17, 15) is 4.79 Å². The Labute approximate surface area is 150 Å². The molecule has 1 atom stereocenters. The molecule has 3 rings (SSSR count). The molecule has 6 heteroatoms. The lowest BCUT2D eigenvalue weighted by atomic mass is 10.0. The van der Waals surface area contributed by atoms with Crippen LogP contribution in [0.1, 0.15) is 24.8 Å². The Morgan fingerprint density at radius 2 is 1.84 bits per heavy atom. The van der Waals surface area contributed by atoms with Crippen LogP contribution in [-0.2, 0) is 11.2 Å². The summed E-state index contributed by atoms with van der Waals surface area (Å²) >= 11 is 0. The second-order valence-electron chi connectivity index (χ2n) is 7.12. The molecule has 25 heavy (non-hydrogen) atoms. The second-order valence-corrected chi connectivity index (χ2v) is 7.12. The van der Waals surface area contributed by atoms with Crippen LogP contribution in [0.3, 0.4) is 0 Å². The molecule has 0 saturated carbocycles. The van der Waals surface area contributed by atoms with Gasteiger partial charge >= 0.3 is 0 Å². The monoisotopic (exact) mass is 346 g/mol. The molecular weight excluding hydrogens is 316 g/mol. The largest absolute Gasteiger partial charge is 0.395 e.